The fraction of sp³-hybridized carbons (Fsp3) is 0.375. The van der Waals surface area contributed by atoms with Crippen LogP contribution >= 0.6 is 11.3 Å². The summed E-state index contributed by atoms with van der Waals surface area (Å²) < 4.78 is 0. The summed E-state index contributed by atoms with van der Waals surface area (Å²) in [6.07, 6.45) is 5.24. The zero-order valence-electron chi connectivity index (χ0n) is 17.6. The molecule has 0 aliphatic heterocycles. The van der Waals surface area contributed by atoms with Gasteiger partial charge in [0.1, 0.15) is 5.00 Å². The van der Waals surface area contributed by atoms with E-state index in [4.69, 9.17) is 0 Å². The van der Waals surface area contributed by atoms with Gasteiger partial charge >= 0.3 is 5.97 Å². The van der Waals surface area contributed by atoms with Gasteiger partial charge in [-0.05, 0) is 42.7 Å². The second kappa shape index (κ2) is 8.67. The SMILES string of the molecule is CCc1c(C)sc(NC(=O)C2C3C=CC(C3)C2C(=O)O)c1C(=O)NCc1ccccc1. The smallest absolute Gasteiger partial charge is 0.307 e. The van der Waals surface area contributed by atoms with E-state index in [1.54, 1.807) is 0 Å². The molecule has 31 heavy (non-hydrogen) atoms. The van der Waals surface area contributed by atoms with Crippen LogP contribution in [0.5, 0.6) is 0 Å². The number of aryl methyl sites for hydroxylation is 1. The fourth-order valence-corrected chi connectivity index (χ4v) is 6.06. The van der Waals surface area contributed by atoms with Crippen LogP contribution in [0.2, 0.25) is 0 Å². The van der Waals surface area contributed by atoms with Crippen LogP contribution in [0.3, 0.4) is 0 Å². The Morgan fingerprint density at radius 1 is 1.10 bits per heavy atom. The molecule has 2 amide bonds. The number of carboxylic acid groups (broad SMARTS) is 1. The minimum absolute atomic E-state index is 0.0619. The summed E-state index contributed by atoms with van der Waals surface area (Å²) in [6, 6.07) is 9.64. The highest BCUT2D eigenvalue weighted by Gasteiger charge is 2.51. The number of hydrogen-bond donors (Lipinski definition) is 3. The number of fused-ring (bicyclic) bond motifs is 2. The molecule has 7 heteroatoms. The van der Waals surface area contributed by atoms with Crippen molar-refractivity contribution in [2.24, 2.45) is 23.7 Å². The zero-order valence-corrected chi connectivity index (χ0v) is 18.4. The van der Waals surface area contributed by atoms with E-state index in [1.165, 1.54) is 11.3 Å². The van der Waals surface area contributed by atoms with E-state index in [0.717, 1.165) is 16.0 Å². The number of anilines is 1. The molecule has 2 aliphatic carbocycles. The molecule has 162 valence electrons. The lowest BCUT2D eigenvalue weighted by molar-refractivity contribution is -0.146. The number of thiophene rings is 1. The topological polar surface area (TPSA) is 95.5 Å². The van der Waals surface area contributed by atoms with Crippen LogP contribution in [0.4, 0.5) is 5.00 Å². The van der Waals surface area contributed by atoms with Gasteiger partial charge in [-0.3, -0.25) is 14.4 Å². The van der Waals surface area contributed by atoms with Gasteiger partial charge in [-0.2, -0.15) is 0 Å². The number of nitrogens with one attached hydrogen (secondary N) is 2. The number of carbonyl (C=O) groups is 3. The van der Waals surface area contributed by atoms with Gasteiger partial charge in [-0.1, -0.05) is 49.4 Å². The summed E-state index contributed by atoms with van der Waals surface area (Å²) in [6.45, 7) is 4.31. The Morgan fingerprint density at radius 3 is 2.42 bits per heavy atom. The summed E-state index contributed by atoms with van der Waals surface area (Å²) >= 11 is 1.37. The minimum atomic E-state index is -0.936. The third-order valence-electron chi connectivity index (χ3n) is 6.37. The van der Waals surface area contributed by atoms with Gasteiger partial charge in [0.05, 0.1) is 17.4 Å². The molecule has 4 rings (SSSR count). The molecule has 6 nitrogen and oxygen atoms in total. The molecular weight excluding hydrogens is 412 g/mol. The molecule has 2 bridgehead atoms. The van der Waals surface area contributed by atoms with Crippen molar-refractivity contribution in [1.82, 2.24) is 5.32 Å². The molecule has 4 atom stereocenters. The lowest BCUT2D eigenvalue weighted by Crippen LogP contribution is -2.36. The number of amides is 2. The number of benzene rings is 1. The Kier molecular flexibility index (Phi) is 5.96. The average Bonchev–Trinajstić information content (AvgIpc) is 3.45. The monoisotopic (exact) mass is 438 g/mol. The van der Waals surface area contributed by atoms with E-state index in [1.807, 2.05) is 56.3 Å². The predicted molar refractivity (Wildman–Crippen MR) is 120 cm³/mol. The second-order valence-corrected chi connectivity index (χ2v) is 9.41. The molecule has 2 aromatic rings. The molecule has 1 aromatic heterocycles. The van der Waals surface area contributed by atoms with Crippen molar-refractivity contribution in [1.29, 1.82) is 0 Å². The largest absolute Gasteiger partial charge is 0.481 e. The fourth-order valence-electron chi connectivity index (χ4n) is 4.91. The van der Waals surface area contributed by atoms with Crippen molar-refractivity contribution < 1.29 is 19.5 Å². The van der Waals surface area contributed by atoms with Crippen molar-refractivity contribution in [2.45, 2.75) is 33.2 Å². The Balaban J connectivity index is 1.56. The molecule has 0 spiro atoms. The van der Waals surface area contributed by atoms with Crippen molar-refractivity contribution in [2.75, 3.05) is 5.32 Å². The maximum absolute atomic E-state index is 13.1. The van der Waals surface area contributed by atoms with Crippen LogP contribution in [-0.2, 0) is 22.6 Å². The number of rotatable bonds is 7. The standard InChI is InChI=1S/C24H26N2O4S/c1-3-17-13(2)31-23(20(17)21(27)25-12-14-7-5-4-6-8-14)26-22(28)18-15-9-10-16(11-15)19(18)24(29)30/h4-10,15-16,18-19H,3,11-12H2,1-2H3,(H,25,27)(H,26,28)(H,29,30). The van der Waals surface area contributed by atoms with E-state index in [9.17, 15) is 19.5 Å². The van der Waals surface area contributed by atoms with Gasteiger partial charge < -0.3 is 15.7 Å². The van der Waals surface area contributed by atoms with Crippen LogP contribution in [0.1, 0.15) is 39.7 Å². The first kappa shape index (κ1) is 21.3. The molecule has 1 heterocycles. The summed E-state index contributed by atoms with van der Waals surface area (Å²) in [4.78, 5) is 39.0. The van der Waals surface area contributed by atoms with E-state index in [0.29, 0.717) is 30.0 Å². The quantitative estimate of drug-likeness (QED) is 0.569. The highest BCUT2D eigenvalue weighted by atomic mass is 32.1. The third kappa shape index (κ3) is 4.02. The zero-order chi connectivity index (χ0) is 22.1. The minimum Gasteiger partial charge on any atom is -0.481 e. The summed E-state index contributed by atoms with van der Waals surface area (Å²) in [5, 5.41) is 16.0. The second-order valence-electron chi connectivity index (χ2n) is 8.19. The highest BCUT2D eigenvalue weighted by molar-refractivity contribution is 7.16. The molecular formula is C24H26N2O4S. The molecule has 1 fully saturated rings. The molecule has 0 saturated heterocycles. The van der Waals surface area contributed by atoms with Gasteiger partial charge in [-0.15, -0.1) is 11.3 Å². The number of aliphatic carboxylic acids is 1. The van der Waals surface area contributed by atoms with Gasteiger partial charge in [0.15, 0.2) is 0 Å². The number of carbonyl (C=O) groups excluding carboxylic acids is 2. The maximum atomic E-state index is 13.1. The van der Waals surface area contributed by atoms with E-state index < -0.39 is 17.8 Å². The van der Waals surface area contributed by atoms with Crippen molar-refractivity contribution in [3.05, 3.63) is 64.1 Å². The third-order valence-corrected chi connectivity index (χ3v) is 7.43. The van der Waals surface area contributed by atoms with Crippen LogP contribution < -0.4 is 10.6 Å². The number of allylic oxidation sites excluding steroid dienone is 2. The average molecular weight is 439 g/mol. The predicted octanol–water partition coefficient (Wildman–Crippen LogP) is 4.01. The first-order valence-corrected chi connectivity index (χ1v) is 11.4. The normalized spacial score (nSPS) is 23.7. The Bertz CT molecular complexity index is 1040. The van der Waals surface area contributed by atoms with E-state index >= 15 is 0 Å². The first-order chi connectivity index (χ1) is 14.9. The van der Waals surface area contributed by atoms with Crippen molar-refractivity contribution in [3.8, 4) is 0 Å². The Morgan fingerprint density at radius 2 is 1.77 bits per heavy atom. The summed E-state index contributed by atoms with van der Waals surface area (Å²) in [7, 11) is 0. The van der Waals surface area contributed by atoms with Gasteiger partial charge in [-0.25, -0.2) is 0 Å². The number of hydrogen-bond acceptors (Lipinski definition) is 4. The van der Waals surface area contributed by atoms with Crippen LogP contribution in [0, 0.1) is 30.6 Å². The molecule has 3 N–H and O–H groups in total. The van der Waals surface area contributed by atoms with Crippen LogP contribution in [0.25, 0.3) is 0 Å². The van der Waals surface area contributed by atoms with Crippen molar-refractivity contribution >= 4 is 34.1 Å². The Labute approximate surface area is 185 Å². The molecule has 4 unspecified atom stereocenters. The highest BCUT2D eigenvalue weighted by Crippen LogP contribution is 2.48. The van der Waals surface area contributed by atoms with Gasteiger partial charge in [0.2, 0.25) is 5.91 Å². The van der Waals surface area contributed by atoms with E-state index in [-0.39, 0.29) is 23.7 Å². The lowest BCUT2D eigenvalue weighted by atomic mass is 9.82. The van der Waals surface area contributed by atoms with Crippen molar-refractivity contribution in [3.63, 3.8) is 0 Å². The first-order valence-electron chi connectivity index (χ1n) is 10.6. The van der Waals surface area contributed by atoms with Gasteiger partial charge in [0.25, 0.3) is 5.91 Å². The Hall–Kier alpha value is -2.93. The molecule has 1 aromatic carbocycles. The summed E-state index contributed by atoms with van der Waals surface area (Å²) in [5.74, 6) is -2.96. The lowest BCUT2D eigenvalue weighted by Gasteiger charge is -2.23. The van der Waals surface area contributed by atoms with E-state index in [2.05, 4.69) is 10.6 Å². The summed E-state index contributed by atoms with van der Waals surface area (Å²) in [5.41, 5.74) is 2.39. The maximum Gasteiger partial charge on any atom is 0.307 e. The van der Waals surface area contributed by atoms with Crippen LogP contribution in [-0.4, -0.2) is 22.9 Å². The molecule has 1 saturated carbocycles. The van der Waals surface area contributed by atoms with Crippen LogP contribution in [0.15, 0.2) is 42.5 Å². The van der Waals surface area contributed by atoms with Gasteiger partial charge in [0, 0.05) is 11.4 Å². The molecule has 2 aliphatic rings. The number of carboxylic acids is 1. The molecule has 0 radical (unpaired) electrons.